The van der Waals surface area contributed by atoms with Crippen molar-refractivity contribution in [3.63, 3.8) is 0 Å². The zero-order valence-electron chi connectivity index (χ0n) is 17.4. The summed E-state index contributed by atoms with van der Waals surface area (Å²) < 4.78 is 1.96. The van der Waals surface area contributed by atoms with Gasteiger partial charge in [0.25, 0.3) is 11.4 Å². The predicted octanol–water partition coefficient (Wildman–Crippen LogP) is 4.86. The maximum atomic E-state index is 11.3. The van der Waals surface area contributed by atoms with Crippen LogP contribution in [0.25, 0.3) is 10.9 Å². The fourth-order valence-electron chi connectivity index (χ4n) is 3.48. The van der Waals surface area contributed by atoms with Gasteiger partial charge < -0.3 is 4.57 Å². The monoisotopic (exact) mass is 460 g/mol. The Morgan fingerprint density at radius 3 is 2.21 bits per heavy atom. The fourth-order valence-corrected chi connectivity index (χ4v) is 3.48. The van der Waals surface area contributed by atoms with E-state index in [1.165, 1.54) is 24.4 Å². The van der Waals surface area contributed by atoms with Crippen molar-refractivity contribution in [3.05, 3.63) is 114 Å². The van der Waals surface area contributed by atoms with Crippen LogP contribution in [-0.2, 0) is 6.54 Å². The van der Waals surface area contributed by atoms with Crippen molar-refractivity contribution in [2.75, 3.05) is 5.43 Å². The molecule has 12 heteroatoms. The summed E-state index contributed by atoms with van der Waals surface area (Å²) in [6.45, 7) is 0.466. The largest absolute Gasteiger partial charge is 0.342 e. The van der Waals surface area contributed by atoms with Crippen molar-refractivity contribution in [2.45, 2.75) is 6.54 Å². The Bertz CT molecular complexity index is 1440. The first kappa shape index (κ1) is 22.1. The molecule has 0 aliphatic rings. The Morgan fingerprint density at radius 1 is 0.853 bits per heavy atom. The number of nitro benzene ring substituents is 3. The van der Waals surface area contributed by atoms with Crippen LogP contribution in [0.3, 0.4) is 0 Å². The minimum absolute atomic E-state index is 0.0142. The van der Waals surface area contributed by atoms with Gasteiger partial charge in [-0.05, 0) is 17.7 Å². The minimum Gasteiger partial charge on any atom is -0.342 e. The molecule has 0 radical (unpaired) electrons. The van der Waals surface area contributed by atoms with E-state index in [-0.39, 0.29) is 11.4 Å². The van der Waals surface area contributed by atoms with E-state index in [1.807, 2.05) is 35.0 Å². The molecule has 0 amide bonds. The molecule has 0 aliphatic carbocycles. The van der Waals surface area contributed by atoms with Crippen LogP contribution in [-0.4, -0.2) is 25.6 Å². The van der Waals surface area contributed by atoms with Gasteiger partial charge in [0.05, 0.1) is 27.1 Å². The van der Waals surface area contributed by atoms with Gasteiger partial charge in [-0.1, -0.05) is 30.3 Å². The second-order valence-corrected chi connectivity index (χ2v) is 7.24. The number of fused-ring (bicyclic) bond motifs is 1. The van der Waals surface area contributed by atoms with Gasteiger partial charge in [0, 0.05) is 47.4 Å². The zero-order chi connectivity index (χ0) is 24.2. The van der Waals surface area contributed by atoms with Crippen LogP contribution < -0.4 is 5.43 Å². The Hall–Kier alpha value is -5.13. The summed E-state index contributed by atoms with van der Waals surface area (Å²) >= 11 is 0. The molecular formula is C22H16N6O6. The van der Waals surface area contributed by atoms with Gasteiger partial charge in [0.1, 0.15) is 5.69 Å². The molecule has 0 saturated heterocycles. The third-order valence-electron chi connectivity index (χ3n) is 5.10. The first-order valence-corrected chi connectivity index (χ1v) is 9.86. The van der Waals surface area contributed by atoms with Crippen LogP contribution in [0.15, 0.2) is 78.0 Å². The van der Waals surface area contributed by atoms with Gasteiger partial charge in [0.15, 0.2) is 0 Å². The van der Waals surface area contributed by atoms with E-state index in [1.54, 1.807) is 12.1 Å². The quantitative estimate of drug-likeness (QED) is 0.223. The van der Waals surface area contributed by atoms with E-state index in [2.05, 4.69) is 10.5 Å². The Balaban J connectivity index is 1.60. The van der Waals surface area contributed by atoms with Gasteiger partial charge in [-0.15, -0.1) is 0 Å². The molecule has 1 aromatic heterocycles. The summed E-state index contributed by atoms with van der Waals surface area (Å²) in [4.78, 5) is 31.2. The summed E-state index contributed by atoms with van der Waals surface area (Å²) in [5, 5.41) is 38.0. The standard InChI is InChI=1S/C22H16N6O6/c29-26(30)17-7-5-15(6-8-17)13-25-14-16(19-3-1-2-4-21(19)25)12-23-24-20-10-9-18(27(31)32)11-22(20)28(33)34/h1-12,14,24H,13H2/b23-12+. The molecule has 0 saturated carbocycles. The average Bonchev–Trinajstić information content (AvgIpc) is 3.16. The van der Waals surface area contributed by atoms with Gasteiger partial charge >= 0.3 is 5.69 Å². The first-order chi connectivity index (χ1) is 16.3. The number of anilines is 1. The fraction of sp³-hybridized carbons (Fsp3) is 0.0455. The van der Waals surface area contributed by atoms with Crippen LogP contribution in [0, 0.1) is 30.3 Å². The molecule has 12 nitrogen and oxygen atoms in total. The Morgan fingerprint density at radius 2 is 1.53 bits per heavy atom. The smallest absolute Gasteiger partial charge is 0.301 e. The molecule has 0 aliphatic heterocycles. The molecule has 4 aromatic rings. The number of nitrogens with zero attached hydrogens (tertiary/aromatic N) is 5. The number of hydrazone groups is 1. The SMILES string of the molecule is O=[N+]([O-])c1ccc(Cn2cc(/C=N/Nc3ccc([N+](=O)[O-])cc3[N+](=O)[O-])c3ccccc32)cc1. The molecule has 0 unspecified atom stereocenters. The number of aromatic nitrogens is 1. The lowest BCUT2D eigenvalue weighted by molar-refractivity contribution is -0.393. The van der Waals surface area contributed by atoms with Crippen molar-refractivity contribution in [2.24, 2.45) is 5.10 Å². The summed E-state index contributed by atoms with van der Waals surface area (Å²) in [5.74, 6) is 0. The number of nitrogens with one attached hydrogen (secondary N) is 1. The molecule has 1 N–H and O–H groups in total. The van der Waals surface area contributed by atoms with Crippen LogP contribution >= 0.6 is 0 Å². The van der Waals surface area contributed by atoms with Crippen molar-refractivity contribution >= 4 is 39.9 Å². The first-order valence-electron chi connectivity index (χ1n) is 9.86. The maximum Gasteiger partial charge on any atom is 0.301 e. The highest BCUT2D eigenvalue weighted by molar-refractivity contribution is 5.99. The summed E-state index contributed by atoms with van der Waals surface area (Å²) in [7, 11) is 0. The number of benzene rings is 3. The Labute approximate surface area is 191 Å². The molecule has 0 spiro atoms. The number of para-hydroxylation sites is 1. The van der Waals surface area contributed by atoms with Crippen molar-refractivity contribution < 1.29 is 14.8 Å². The van der Waals surface area contributed by atoms with Gasteiger partial charge in [-0.3, -0.25) is 35.8 Å². The van der Waals surface area contributed by atoms with E-state index in [9.17, 15) is 30.3 Å². The normalized spacial score (nSPS) is 11.1. The molecule has 1 heterocycles. The molecule has 0 atom stereocenters. The highest BCUT2D eigenvalue weighted by atomic mass is 16.6. The van der Waals surface area contributed by atoms with Gasteiger partial charge in [-0.2, -0.15) is 5.10 Å². The molecule has 170 valence electrons. The lowest BCUT2D eigenvalue weighted by Gasteiger charge is -2.05. The van der Waals surface area contributed by atoms with E-state index >= 15 is 0 Å². The van der Waals surface area contributed by atoms with Crippen LogP contribution in [0.1, 0.15) is 11.1 Å². The zero-order valence-corrected chi connectivity index (χ0v) is 17.4. The molecule has 3 aromatic carbocycles. The van der Waals surface area contributed by atoms with Crippen LogP contribution in [0.2, 0.25) is 0 Å². The summed E-state index contributed by atoms with van der Waals surface area (Å²) in [5.41, 5.74) is 4.26. The maximum absolute atomic E-state index is 11.3. The number of hydrogen-bond donors (Lipinski definition) is 1. The molecule has 4 rings (SSSR count). The van der Waals surface area contributed by atoms with Crippen LogP contribution in [0.4, 0.5) is 22.7 Å². The number of non-ortho nitro benzene ring substituents is 2. The van der Waals surface area contributed by atoms with Crippen molar-refractivity contribution in [1.82, 2.24) is 4.57 Å². The molecule has 0 fully saturated rings. The van der Waals surface area contributed by atoms with Crippen molar-refractivity contribution in [3.8, 4) is 0 Å². The predicted molar refractivity (Wildman–Crippen MR) is 125 cm³/mol. The van der Waals surface area contributed by atoms with Gasteiger partial charge in [-0.25, -0.2) is 0 Å². The Kier molecular flexibility index (Phi) is 5.95. The topological polar surface area (TPSA) is 159 Å². The summed E-state index contributed by atoms with van der Waals surface area (Å²) in [6.07, 6.45) is 3.35. The minimum atomic E-state index is -0.721. The second-order valence-electron chi connectivity index (χ2n) is 7.24. The highest BCUT2D eigenvalue weighted by Crippen LogP contribution is 2.29. The molecular weight excluding hydrogens is 444 g/mol. The average molecular weight is 460 g/mol. The number of nitro groups is 3. The van der Waals surface area contributed by atoms with E-state index in [0.29, 0.717) is 6.54 Å². The molecule has 34 heavy (non-hydrogen) atoms. The van der Waals surface area contributed by atoms with E-state index < -0.39 is 26.1 Å². The number of rotatable bonds is 8. The van der Waals surface area contributed by atoms with E-state index in [4.69, 9.17) is 0 Å². The summed E-state index contributed by atoms with van der Waals surface area (Å²) in [6, 6.07) is 17.1. The third-order valence-corrected chi connectivity index (χ3v) is 5.10. The van der Waals surface area contributed by atoms with Gasteiger partial charge in [0.2, 0.25) is 0 Å². The highest BCUT2D eigenvalue weighted by Gasteiger charge is 2.19. The lowest BCUT2D eigenvalue weighted by Crippen LogP contribution is -1.99. The lowest BCUT2D eigenvalue weighted by atomic mass is 10.2. The molecule has 0 bridgehead atoms. The number of hydrogen-bond acceptors (Lipinski definition) is 8. The van der Waals surface area contributed by atoms with Crippen LogP contribution in [0.5, 0.6) is 0 Å². The van der Waals surface area contributed by atoms with Crippen molar-refractivity contribution in [1.29, 1.82) is 0 Å². The van der Waals surface area contributed by atoms with E-state index in [0.717, 1.165) is 34.2 Å². The third kappa shape index (κ3) is 4.55. The second kappa shape index (κ2) is 9.16.